The van der Waals surface area contributed by atoms with Crippen LogP contribution in [0.15, 0.2) is 30.0 Å². The number of anilines is 1. The number of hydrogen-bond acceptors (Lipinski definition) is 4. The molecular weight excluding hydrogens is 384 g/mol. The first kappa shape index (κ1) is 23.4. The minimum absolute atomic E-state index is 0.325. The predicted molar refractivity (Wildman–Crippen MR) is 131 cm³/mol. The number of carbonyl (C=O) groups excluding carboxylic acids is 1. The molecule has 3 rings (SSSR count). The number of benzene rings is 1. The van der Waals surface area contributed by atoms with E-state index in [1.807, 2.05) is 12.3 Å². The fourth-order valence-electron chi connectivity index (χ4n) is 5.37. The molecule has 170 valence electrons. The first-order chi connectivity index (χ1) is 14.9. The molecule has 3 N–H and O–H groups in total. The Balaban J connectivity index is 2.06. The zero-order chi connectivity index (χ0) is 22.5. The summed E-state index contributed by atoms with van der Waals surface area (Å²) < 4.78 is 0. The van der Waals surface area contributed by atoms with Crippen molar-refractivity contribution in [2.75, 3.05) is 32.1 Å². The van der Waals surface area contributed by atoms with Crippen LogP contribution in [0, 0.1) is 6.92 Å². The van der Waals surface area contributed by atoms with Gasteiger partial charge < -0.3 is 20.9 Å². The number of nitrogens with zero attached hydrogens (tertiary/aromatic N) is 2. The maximum atomic E-state index is 12.3. The molecule has 0 aromatic heterocycles. The summed E-state index contributed by atoms with van der Waals surface area (Å²) in [6.45, 7) is 8.31. The molecule has 31 heavy (non-hydrogen) atoms. The van der Waals surface area contributed by atoms with Gasteiger partial charge in [-0.25, -0.2) is 0 Å². The Morgan fingerprint density at radius 1 is 1.16 bits per heavy atom. The molecule has 0 spiro atoms. The standard InChI is InChI=1S/C26H40N4O/c1-6-20-16-23(26(27)31)18(3)25(24(20)15-19-9-8-14-28-17-19)30(7-2)22-12-10-21(11-13-22)29(4)5/h8-9,14,16,21-22,28H,6-7,10-13,15,17H2,1-5H3,(H2,27,31). The van der Waals surface area contributed by atoms with Gasteiger partial charge in [-0.05, 0) is 107 Å². The van der Waals surface area contributed by atoms with Gasteiger partial charge in [0.1, 0.15) is 0 Å². The molecule has 1 amide bonds. The first-order valence-corrected chi connectivity index (χ1v) is 11.8. The van der Waals surface area contributed by atoms with Gasteiger partial charge in [0.15, 0.2) is 0 Å². The Labute approximate surface area is 188 Å². The normalized spacial score (nSPS) is 21.0. The van der Waals surface area contributed by atoms with E-state index in [-0.39, 0.29) is 5.91 Å². The zero-order valence-corrected chi connectivity index (χ0v) is 20.0. The van der Waals surface area contributed by atoms with Crippen LogP contribution in [0.25, 0.3) is 0 Å². The average Bonchev–Trinajstić information content (AvgIpc) is 2.77. The van der Waals surface area contributed by atoms with Crippen LogP contribution in [0.5, 0.6) is 0 Å². The number of aryl methyl sites for hydroxylation is 1. The van der Waals surface area contributed by atoms with Crippen LogP contribution in [-0.4, -0.2) is 50.1 Å². The van der Waals surface area contributed by atoms with Crippen LogP contribution >= 0.6 is 0 Å². The van der Waals surface area contributed by atoms with Crippen molar-refractivity contribution in [3.63, 3.8) is 0 Å². The Morgan fingerprint density at radius 3 is 2.35 bits per heavy atom. The summed E-state index contributed by atoms with van der Waals surface area (Å²) >= 11 is 0. The Morgan fingerprint density at radius 2 is 1.84 bits per heavy atom. The average molecular weight is 425 g/mol. The van der Waals surface area contributed by atoms with Crippen LogP contribution in [0.4, 0.5) is 5.69 Å². The monoisotopic (exact) mass is 424 g/mol. The Kier molecular flexibility index (Phi) is 7.82. The lowest BCUT2D eigenvalue weighted by Crippen LogP contribution is -2.43. The van der Waals surface area contributed by atoms with Gasteiger partial charge in [-0.2, -0.15) is 0 Å². The highest BCUT2D eigenvalue weighted by Crippen LogP contribution is 2.37. The number of rotatable bonds is 8. The smallest absolute Gasteiger partial charge is 0.249 e. The molecule has 1 aromatic carbocycles. The lowest BCUT2D eigenvalue weighted by molar-refractivity contribution is 0.0999. The van der Waals surface area contributed by atoms with E-state index in [0.717, 1.165) is 31.5 Å². The van der Waals surface area contributed by atoms with Crippen molar-refractivity contribution in [3.05, 3.63) is 52.2 Å². The van der Waals surface area contributed by atoms with E-state index in [1.54, 1.807) is 0 Å². The van der Waals surface area contributed by atoms with E-state index in [1.165, 1.54) is 48.1 Å². The molecule has 1 aromatic rings. The van der Waals surface area contributed by atoms with Crippen molar-refractivity contribution < 1.29 is 4.79 Å². The van der Waals surface area contributed by atoms with E-state index in [4.69, 9.17) is 5.73 Å². The number of carbonyl (C=O) groups is 1. The summed E-state index contributed by atoms with van der Waals surface area (Å²) in [6, 6.07) is 3.22. The van der Waals surface area contributed by atoms with Crippen molar-refractivity contribution in [3.8, 4) is 0 Å². The number of nitrogens with two attached hydrogens (primary N) is 1. The van der Waals surface area contributed by atoms with Gasteiger partial charge >= 0.3 is 0 Å². The predicted octanol–water partition coefficient (Wildman–Crippen LogP) is 3.94. The number of dihydropyridines is 1. The molecular formula is C26H40N4O. The third-order valence-electron chi connectivity index (χ3n) is 7.14. The van der Waals surface area contributed by atoms with E-state index in [2.05, 4.69) is 62.1 Å². The molecule has 1 saturated carbocycles. The van der Waals surface area contributed by atoms with Gasteiger partial charge in [0, 0.05) is 36.4 Å². The van der Waals surface area contributed by atoms with E-state index < -0.39 is 0 Å². The molecule has 2 aliphatic rings. The highest BCUT2D eigenvalue weighted by atomic mass is 16.1. The molecule has 1 aliphatic carbocycles. The first-order valence-electron chi connectivity index (χ1n) is 11.8. The molecule has 1 heterocycles. The SMILES string of the molecule is CCc1cc(C(N)=O)c(C)c(N(CC)C2CCC(N(C)C)CC2)c1CC1=CC=CNC1. The summed E-state index contributed by atoms with van der Waals surface area (Å²) in [5.74, 6) is -0.325. The number of allylic oxidation sites excluding steroid dienone is 2. The molecule has 5 nitrogen and oxygen atoms in total. The number of amides is 1. The Bertz CT molecular complexity index is 847. The van der Waals surface area contributed by atoms with Crippen molar-refractivity contribution in [1.29, 1.82) is 0 Å². The van der Waals surface area contributed by atoms with Gasteiger partial charge in [0.25, 0.3) is 0 Å². The van der Waals surface area contributed by atoms with Crippen molar-refractivity contribution >= 4 is 11.6 Å². The van der Waals surface area contributed by atoms with Crippen LogP contribution < -0.4 is 16.0 Å². The van der Waals surface area contributed by atoms with Gasteiger partial charge in [-0.15, -0.1) is 0 Å². The summed E-state index contributed by atoms with van der Waals surface area (Å²) in [6.07, 6.45) is 12.9. The molecule has 0 radical (unpaired) electrons. The van der Waals surface area contributed by atoms with Crippen molar-refractivity contribution in [2.24, 2.45) is 5.73 Å². The third kappa shape index (κ3) is 5.15. The van der Waals surface area contributed by atoms with E-state index >= 15 is 0 Å². The molecule has 0 atom stereocenters. The maximum Gasteiger partial charge on any atom is 0.249 e. The number of hydrogen-bond donors (Lipinski definition) is 2. The highest BCUT2D eigenvalue weighted by molar-refractivity contribution is 5.96. The second-order valence-electron chi connectivity index (χ2n) is 9.21. The molecule has 1 fully saturated rings. The highest BCUT2D eigenvalue weighted by Gasteiger charge is 2.30. The summed E-state index contributed by atoms with van der Waals surface area (Å²) in [5.41, 5.74) is 12.8. The third-order valence-corrected chi connectivity index (χ3v) is 7.14. The second-order valence-corrected chi connectivity index (χ2v) is 9.21. The summed E-state index contributed by atoms with van der Waals surface area (Å²) in [7, 11) is 4.38. The molecule has 1 aliphatic heterocycles. The van der Waals surface area contributed by atoms with Crippen LogP contribution in [0.3, 0.4) is 0 Å². The molecule has 0 unspecified atom stereocenters. The van der Waals surface area contributed by atoms with Gasteiger partial charge in [0.05, 0.1) is 0 Å². The lowest BCUT2D eigenvalue weighted by atomic mass is 9.86. The quantitative estimate of drug-likeness (QED) is 0.664. The Hall–Kier alpha value is -2.27. The van der Waals surface area contributed by atoms with Gasteiger partial charge in [0.2, 0.25) is 5.91 Å². The lowest BCUT2D eigenvalue weighted by Gasteiger charge is -2.41. The largest absolute Gasteiger partial charge is 0.387 e. The molecule has 5 heteroatoms. The van der Waals surface area contributed by atoms with Gasteiger partial charge in [-0.1, -0.05) is 13.0 Å². The zero-order valence-electron chi connectivity index (χ0n) is 20.0. The summed E-state index contributed by atoms with van der Waals surface area (Å²) in [4.78, 5) is 17.3. The second kappa shape index (κ2) is 10.4. The fourth-order valence-corrected chi connectivity index (χ4v) is 5.37. The van der Waals surface area contributed by atoms with Crippen LogP contribution in [0.1, 0.15) is 66.6 Å². The number of nitrogens with one attached hydrogen (secondary N) is 1. The van der Waals surface area contributed by atoms with Crippen molar-refractivity contribution in [1.82, 2.24) is 10.2 Å². The fraction of sp³-hybridized carbons (Fsp3) is 0.577. The topological polar surface area (TPSA) is 61.6 Å². The minimum Gasteiger partial charge on any atom is -0.387 e. The van der Waals surface area contributed by atoms with Crippen LogP contribution in [-0.2, 0) is 12.8 Å². The minimum atomic E-state index is -0.325. The molecule has 0 bridgehead atoms. The maximum absolute atomic E-state index is 12.3. The van der Waals surface area contributed by atoms with E-state index in [9.17, 15) is 4.79 Å². The summed E-state index contributed by atoms with van der Waals surface area (Å²) in [5, 5.41) is 3.34. The molecule has 0 saturated heterocycles. The number of primary amides is 1. The van der Waals surface area contributed by atoms with Gasteiger partial charge in [-0.3, -0.25) is 4.79 Å². The van der Waals surface area contributed by atoms with Crippen molar-refractivity contribution in [2.45, 2.75) is 71.4 Å². The van der Waals surface area contributed by atoms with E-state index in [0.29, 0.717) is 17.6 Å². The van der Waals surface area contributed by atoms with Crippen LogP contribution in [0.2, 0.25) is 0 Å².